The Labute approximate surface area is 159 Å². The normalized spacial score (nSPS) is 44.4. The van der Waals surface area contributed by atoms with Crippen LogP contribution in [0.2, 0.25) is 0 Å². The van der Waals surface area contributed by atoms with Gasteiger partial charge in [-0.1, -0.05) is 44.6 Å². The molecule has 0 aliphatic heterocycles. The molecule has 1 nitrogen and oxygen atoms in total. The van der Waals surface area contributed by atoms with Gasteiger partial charge in [0.05, 0.1) is 0 Å². The van der Waals surface area contributed by atoms with Crippen LogP contribution in [0.1, 0.15) is 71.3 Å². The highest BCUT2D eigenvalue weighted by Crippen LogP contribution is 2.66. The quantitative estimate of drug-likeness (QED) is 0.517. The second-order valence-corrected chi connectivity index (χ2v) is 10.2. The van der Waals surface area contributed by atoms with Crippen molar-refractivity contribution in [1.82, 2.24) is 4.98 Å². The number of aromatic nitrogens is 1. The molecule has 4 aliphatic carbocycles. The number of rotatable bonds is 1. The van der Waals surface area contributed by atoms with Crippen molar-refractivity contribution in [3.63, 3.8) is 0 Å². The molecule has 1 aromatic rings. The van der Waals surface area contributed by atoms with Crippen LogP contribution in [0.25, 0.3) is 5.57 Å². The van der Waals surface area contributed by atoms with Crippen molar-refractivity contribution in [2.75, 3.05) is 0 Å². The van der Waals surface area contributed by atoms with E-state index in [4.69, 9.17) is 0 Å². The van der Waals surface area contributed by atoms with Gasteiger partial charge >= 0.3 is 0 Å². The molecule has 138 valence electrons. The minimum absolute atomic E-state index is 0.355. The Morgan fingerprint density at radius 2 is 1.85 bits per heavy atom. The summed E-state index contributed by atoms with van der Waals surface area (Å²) in [7, 11) is 0. The maximum Gasteiger partial charge on any atom is 0.0343 e. The van der Waals surface area contributed by atoms with Crippen molar-refractivity contribution in [3.05, 3.63) is 47.8 Å². The maximum absolute atomic E-state index is 4.40. The first-order valence-electron chi connectivity index (χ1n) is 10.8. The molecule has 2 saturated carbocycles. The fourth-order valence-corrected chi connectivity index (χ4v) is 7.38. The molecular weight excluding hydrogens is 314 g/mol. The third kappa shape index (κ3) is 2.25. The number of hydrogen-bond acceptors (Lipinski definition) is 1. The largest absolute Gasteiger partial charge is 0.264 e. The summed E-state index contributed by atoms with van der Waals surface area (Å²) in [5, 5.41) is 0. The Balaban J connectivity index is 1.48. The van der Waals surface area contributed by atoms with Gasteiger partial charge < -0.3 is 0 Å². The Morgan fingerprint density at radius 3 is 2.65 bits per heavy atom. The van der Waals surface area contributed by atoms with Gasteiger partial charge in [0.25, 0.3) is 0 Å². The van der Waals surface area contributed by atoms with Crippen molar-refractivity contribution < 1.29 is 0 Å². The predicted octanol–water partition coefficient (Wildman–Crippen LogP) is 6.67. The molecule has 4 aliphatic rings. The van der Waals surface area contributed by atoms with Crippen LogP contribution < -0.4 is 0 Å². The highest BCUT2D eigenvalue weighted by Gasteiger charge is 2.56. The van der Waals surface area contributed by atoms with Gasteiger partial charge in [-0.25, -0.2) is 0 Å². The summed E-state index contributed by atoms with van der Waals surface area (Å²) in [5.74, 6) is 3.51. The first-order valence-corrected chi connectivity index (χ1v) is 10.8. The van der Waals surface area contributed by atoms with Crippen LogP contribution >= 0.6 is 0 Å². The van der Waals surface area contributed by atoms with E-state index in [0.29, 0.717) is 10.8 Å². The average Bonchev–Trinajstić information content (AvgIpc) is 3.00. The molecule has 26 heavy (non-hydrogen) atoms. The molecule has 1 heteroatoms. The fraction of sp³-hybridized carbons (Fsp3) is 0.640. The van der Waals surface area contributed by atoms with Crippen LogP contribution in [0.3, 0.4) is 0 Å². The Kier molecular flexibility index (Phi) is 3.75. The number of allylic oxidation sites excluding steroid dienone is 4. The lowest BCUT2D eigenvalue weighted by Gasteiger charge is -2.58. The molecule has 0 saturated heterocycles. The summed E-state index contributed by atoms with van der Waals surface area (Å²) in [5.41, 5.74) is 5.62. The van der Waals surface area contributed by atoms with E-state index in [1.54, 1.807) is 5.57 Å². The van der Waals surface area contributed by atoms with E-state index in [0.717, 1.165) is 23.7 Å². The van der Waals surface area contributed by atoms with Crippen molar-refractivity contribution in [2.24, 2.45) is 34.5 Å². The molecule has 1 heterocycles. The summed E-state index contributed by atoms with van der Waals surface area (Å²) < 4.78 is 0. The summed E-state index contributed by atoms with van der Waals surface area (Å²) >= 11 is 0. The van der Waals surface area contributed by atoms with Crippen LogP contribution in [-0.4, -0.2) is 4.98 Å². The highest BCUT2D eigenvalue weighted by molar-refractivity contribution is 5.72. The highest BCUT2D eigenvalue weighted by atomic mass is 14.6. The van der Waals surface area contributed by atoms with Crippen LogP contribution in [0.15, 0.2) is 42.3 Å². The topological polar surface area (TPSA) is 12.9 Å². The monoisotopic (exact) mass is 347 g/mol. The molecule has 0 amide bonds. The first kappa shape index (κ1) is 16.8. The zero-order valence-electron chi connectivity index (χ0n) is 16.7. The summed E-state index contributed by atoms with van der Waals surface area (Å²) in [4.78, 5) is 4.40. The molecule has 0 radical (unpaired) electrons. The lowest BCUT2D eigenvalue weighted by molar-refractivity contribution is -0.0137. The minimum Gasteiger partial charge on any atom is -0.264 e. The second-order valence-electron chi connectivity index (χ2n) is 10.2. The van der Waals surface area contributed by atoms with E-state index in [1.807, 2.05) is 11.8 Å². The molecule has 1 unspecified atom stereocenters. The number of nitrogens with zero attached hydrogens (tertiary/aromatic N) is 1. The third-order valence-electron chi connectivity index (χ3n) is 8.90. The van der Waals surface area contributed by atoms with Gasteiger partial charge in [-0.3, -0.25) is 4.98 Å². The van der Waals surface area contributed by atoms with E-state index in [2.05, 4.69) is 56.2 Å². The fourth-order valence-electron chi connectivity index (χ4n) is 7.38. The van der Waals surface area contributed by atoms with Gasteiger partial charge in [0.1, 0.15) is 0 Å². The number of pyridine rings is 1. The van der Waals surface area contributed by atoms with E-state index >= 15 is 0 Å². The van der Waals surface area contributed by atoms with Crippen LogP contribution in [0.5, 0.6) is 0 Å². The Bertz CT molecular complexity index is 760. The average molecular weight is 348 g/mol. The van der Waals surface area contributed by atoms with Gasteiger partial charge in [0, 0.05) is 12.4 Å². The van der Waals surface area contributed by atoms with Crippen molar-refractivity contribution >= 4 is 5.57 Å². The zero-order chi connectivity index (χ0) is 17.9. The third-order valence-corrected chi connectivity index (χ3v) is 8.90. The molecule has 1 aromatic heterocycles. The van der Waals surface area contributed by atoms with Crippen molar-refractivity contribution in [2.45, 2.75) is 65.7 Å². The SMILES string of the molecule is C[C@H]1CC[C@@]2(C)C(=CCC3[C@@H]2CC[C@]2(C)C(c4cccnc4)=CC[C@@H]32)C1. The molecule has 0 spiro atoms. The molecule has 2 fully saturated rings. The zero-order valence-corrected chi connectivity index (χ0v) is 16.7. The number of fused-ring (bicyclic) bond motifs is 5. The first-order chi connectivity index (χ1) is 12.5. The molecular formula is C25H33N. The maximum atomic E-state index is 4.40. The van der Waals surface area contributed by atoms with Crippen LogP contribution in [-0.2, 0) is 0 Å². The standard InChI is InChI=1S/C25H33N/c1-17-10-12-24(2)19(15-17)6-7-20-22-9-8-21(18-5-4-14-26-16-18)25(22,3)13-11-23(20)24/h4-6,8,14,16-17,20,22-23H,7,9-13,15H2,1-3H3/t17-,20?,22-,23-,24-,25+/m0/s1. The van der Waals surface area contributed by atoms with Gasteiger partial charge in [0.15, 0.2) is 0 Å². The number of hydrogen-bond donors (Lipinski definition) is 0. The van der Waals surface area contributed by atoms with Crippen LogP contribution in [0, 0.1) is 34.5 Å². The van der Waals surface area contributed by atoms with E-state index < -0.39 is 0 Å². The summed E-state index contributed by atoms with van der Waals surface area (Å²) in [6.07, 6.45) is 18.8. The molecule has 6 atom stereocenters. The smallest absolute Gasteiger partial charge is 0.0343 e. The molecule has 0 bridgehead atoms. The van der Waals surface area contributed by atoms with E-state index in [-0.39, 0.29) is 0 Å². The lowest BCUT2D eigenvalue weighted by atomic mass is 9.47. The summed E-state index contributed by atoms with van der Waals surface area (Å²) in [6, 6.07) is 4.36. The Hall–Kier alpha value is -1.37. The molecule has 0 aromatic carbocycles. The van der Waals surface area contributed by atoms with Gasteiger partial charge in [0.2, 0.25) is 0 Å². The van der Waals surface area contributed by atoms with Crippen LogP contribution in [0.4, 0.5) is 0 Å². The summed E-state index contributed by atoms with van der Waals surface area (Å²) in [6.45, 7) is 7.63. The van der Waals surface area contributed by atoms with Gasteiger partial charge in [-0.15, -0.1) is 0 Å². The predicted molar refractivity (Wildman–Crippen MR) is 108 cm³/mol. The van der Waals surface area contributed by atoms with Gasteiger partial charge in [-0.05, 0) is 96.7 Å². The molecule has 0 N–H and O–H groups in total. The lowest BCUT2D eigenvalue weighted by Crippen LogP contribution is -2.49. The minimum atomic E-state index is 0.355. The molecule has 5 rings (SSSR count). The Morgan fingerprint density at radius 1 is 1.00 bits per heavy atom. The van der Waals surface area contributed by atoms with E-state index in [9.17, 15) is 0 Å². The van der Waals surface area contributed by atoms with Gasteiger partial charge in [-0.2, -0.15) is 0 Å². The van der Waals surface area contributed by atoms with Crippen molar-refractivity contribution in [3.8, 4) is 0 Å². The second kappa shape index (κ2) is 5.81. The van der Waals surface area contributed by atoms with Crippen molar-refractivity contribution in [1.29, 1.82) is 0 Å². The van der Waals surface area contributed by atoms with E-state index in [1.165, 1.54) is 50.5 Å².